The predicted molar refractivity (Wildman–Crippen MR) is 90.0 cm³/mol. The first-order chi connectivity index (χ1) is 11.8. The standard InChI is InChI=1S/C18H21N3O3/c19-12-14-4-3-11-21(14)18(22)13-23-15-6-8-16(9-7-15)24-17-5-1-2-10-20-17/h1-2,5-10,14H,3-4,11-13,19H2. The van der Waals surface area contributed by atoms with Crippen LogP contribution in [0.2, 0.25) is 0 Å². The zero-order valence-electron chi connectivity index (χ0n) is 13.4. The first kappa shape index (κ1) is 16.3. The molecule has 6 nitrogen and oxygen atoms in total. The van der Waals surface area contributed by atoms with Gasteiger partial charge in [0.25, 0.3) is 5.91 Å². The number of ether oxygens (including phenoxy) is 2. The number of carbonyl (C=O) groups is 1. The third-order valence-corrected chi connectivity index (χ3v) is 4.02. The molecule has 6 heteroatoms. The average Bonchev–Trinajstić information content (AvgIpc) is 3.10. The number of nitrogens with zero attached hydrogens (tertiary/aromatic N) is 2. The summed E-state index contributed by atoms with van der Waals surface area (Å²) < 4.78 is 11.2. The molecule has 1 aromatic heterocycles. The average molecular weight is 327 g/mol. The minimum atomic E-state index is -0.0169. The van der Waals surface area contributed by atoms with Crippen LogP contribution >= 0.6 is 0 Å². The molecule has 1 unspecified atom stereocenters. The van der Waals surface area contributed by atoms with Crippen LogP contribution in [0.15, 0.2) is 48.7 Å². The molecule has 1 fully saturated rings. The number of amides is 1. The van der Waals surface area contributed by atoms with Crippen LogP contribution in [0.3, 0.4) is 0 Å². The SMILES string of the molecule is NCC1CCCN1C(=O)COc1ccc(Oc2ccccn2)cc1. The van der Waals surface area contributed by atoms with Gasteiger partial charge in [0, 0.05) is 31.4 Å². The lowest BCUT2D eigenvalue weighted by Crippen LogP contribution is -2.42. The van der Waals surface area contributed by atoms with Crippen LogP contribution in [0.25, 0.3) is 0 Å². The number of rotatable bonds is 6. The Hall–Kier alpha value is -2.60. The summed E-state index contributed by atoms with van der Waals surface area (Å²) in [6.07, 6.45) is 3.65. The highest BCUT2D eigenvalue weighted by Crippen LogP contribution is 2.22. The topological polar surface area (TPSA) is 77.7 Å². The lowest BCUT2D eigenvalue weighted by atomic mass is 10.2. The Morgan fingerprint density at radius 2 is 2.00 bits per heavy atom. The molecular weight excluding hydrogens is 306 g/mol. The molecule has 1 saturated heterocycles. The van der Waals surface area contributed by atoms with E-state index in [9.17, 15) is 4.79 Å². The number of pyridine rings is 1. The molecule has 0 radical (unpaired) electrons. The fourth-order valence-electron chi connectivity index (χ4n) is 2.77. The quantitative estimate of drug-likeness (QED) is 0.880. The van der Waals surface area contributed by atoms with Crippen LogP contribution in [-0.4, -0.2) is 41.5 Å². The molecule has 0 bridgehead atoms. The monoisotopic (exact) mass is 327 g/mol. The van der Waals surface area contributed by atoms with Crippen molar-refractivity contribution in [1.82, 2.24) is 9.88 Å². The number of carbonyl (C=O) groups excluding carboxylic acids is 1. The molecule has 1 atom stereocenters. The van der Waals surface area contributed by atoms with Gasteiger partial charge in [-0.2, -0.15) is 0 Å². The van der Waals surface area contributed by atoms with Crippen LogP contribution < -0.4 is 15.2 Å². The Balaban J connectivity index is 1.52. The Morgan fingerprint density at radius 3 is 2.71 bits per heavy atom. The van der Waals surface area contributed by atoms with Crippen molar-refractivity contribution in [3.8, 4) is 17.4 Å². The van der Waals surface area contributed by atoms with Gasteiger partial charge in [-0.05, 0) is 43.2 Å². The molecule has 2 heterocycles. The Labute approximate surface area is 141 Å². The molecule has 1 aromatic carbocycles. The summed E-state index contributed by atoms with van der Waals surface area (Å²) in [4.78, 5) is 18.1. The summed E-state index contributed by atoms with van der Waals surface area (Å²) in [5, 5.41) is 0. The van der Waals surface area contributed by atoms with E-state index < -0.39 is 0 Å². The van der Waals surface area contributed by atoms with Gasteiger partial charge in [0.15, 0.2) is 6.61 Å². The molecular formula is C18H21N3O3. The molecule has 1 aliphatic heterocycles. The highest BCUT2D eigenvalue weighted by atomic mass is 16.5. The van der Waals surface area contributed by atoms with Crippen molar-refractivity contribution in [3.63, 3.8) is 0 Å². The second-order valence-corrected chi connectivity index (χ2v) is 5.65. The fraction of sp³-hybridized carbons (Fsp3) is 0.333. The first-order valence-electron chi connectivity index (χ1n) is 8.07. The van der Waals surface area contributed by atoms with E-state index in [1.807, 2.05) is 17.0 Å². The van der Waals surface area contributed by atoms with E-state index in [1.54, 1.807) is 36.5 Å². The van der Waals surface area contributed by atoms with E-state index in [0.717, 1.165) is 19.4 Å². The summed E-state index contributed by atoms with van der Waals surface area (Å²) in [5.74, 6) is 1.80. The van der Waals surface area contributed by atoms with Crippen molar-refractivity contribution in [1.29, 1.82) is 0 Å². The van der Waals surface area contributed by atoms with Crippen LogP contribution in [-0.2, 0) is 4.79 Å². The molecule has 0 spiro atoms. The maximum atomic E-state index is 12.2. The fourth-order valence-corrected chi connectivity index (χ4v) is 2.77. The van der Waals surface area contributed by atoms with E-state index in [-0.39, 0.29) is 18.6 Å². The molecule has 1 amide bonds. The lowest BCUT2D eigenvalue weighted by molar-refractivity contribution is -0.134. The van der Waals surface area contributed by atoms with Crippen LogP contribution in [0.5, 0.6) is 17.4 Å². The van der Waals surface area contributed by atoms with Crippen LogP contribution in [0.1, 0.15) is 12.8 Å². The summed E-state index contributed by atoms with van der Waals surface area (Å²) in [7, 11) is 0. The normalized spacial score (nSPS) is 16.9. The summed E-state index contributed by atoms with van der Waals surface area (Å²) in [6, 6.07) is 12.7. The number of nitrogens with two attached hydrogens (primary N) is 1. The minimum Gasteiger partial charge on any atom is -0.484 e. The maximum absolute atomic E-state index is 12.2. The highest BCUT2D eigenvalue weighted by Gasteiger charge is 2.27. The van der Waals surface area contributed by atoms with Gasteiger partial charge in [0.1, 0.15) is 11.5 Å². The minimum absolute atomic E-state index is 0.0169. The van der Waals surface area contributed by atoms with Crippen molar-refractivity contribution in [2.75, 3.05) is 19.7 Å². The van der Waals surface area contributed by atoms with Crippen molar-refractivity contribution < 1.29 is 14.3 Å². The molecule has 1 aliphatic rings. The van der Waals surface area contributed by atoms with Crippen molar-refractivity contribution in [3.05, 3.63) is 48.7 Å². The molecule has 0 aliphatic carbocycles. The molecule has 126 valence electrons. The molecule has 3 rings (SSSR count). The first-order valence-corrected chi connectivity index (χ1v) is 8.07. The van der Waals surface area contributed by atoms with Gasteiger partial charge in [-0.3, -0.25) is 4.79 Å². The molecule has 24 heavy (non-hydrogen) atoms. The third kappa shape index (κ3) is 4.02. The summed E-state index contributed by atoms with van der Waals surface area (Å²) in [6.45, 7) is 1.29. The number of hydrogen-bond donors (Lipinski definition) is 1. The summed E-state index contributed by atoms with van der Waals surface area (Å²) in [5.41, 5.74) is 5.70. The number of aromatic nitrogens is 1. The van der Waals surface area contributed by atoms with E-state index in [2.05, 4.69) is 4.98 Å². The predicted octanol–water partition coefficient (Wildman–Crippen LogP) is 2.20. The van der Waals surface area contributed by atoms with Gasteiger partial charge < -0.3 is 20.1 Å². The van der Waals surface area contributed by atoms with Crippen molar-refractivity contribution in [2.45, 2.75) is 18.9 Å². The number of hydrogen-bond acceptors (Lipinski definition) is 5. The van der Waals surface area contributed by atoms with Gasteiger partial charge in [-0.25, -0.2) is 4.98 Å². The van der Waals surface area contributed by atoms with Gasteiger partial charge in [-0.15, -0.1) is 0 Å². The van der Waals surface area contributed by atoms with Gasteiger partial charge >= 0.3 is 0 Å². The number of benzene rings is 1. The molecule has 2 aromatic rings. The zero-order valence-corrected chi connectivity index (χ0v) is 13.4. The van der Waals surface area contributed by atoms with Gasteiger partial charge in [0.2, 0.25) is 5.88 Å². The highest BCUT2D eigenvalue weighted by molar-refractivity contribution is 5.78. The number of likely N-dealkylation sites (tertiary alicyclic amines) is 1. The Bertz CT molecular complexity index is 661. The lowest BCUT2D eigenvalue weighted by Gasteiger charge is -2.23. The van der Waals surface area contributed by atoms with Gasteiger partial charge in [0.05, 0.1) is 0 Å². The van der Waals surface area contributed by atoms with Crippen LogP contribution in [0, 0.1) is 0 Å². The van der Waals surface area contributed by atoms with Crippen molar-refractivity contribution >= 4 is 5.91 Å². The van der Waals surface area contributed by atoms with E-state index in [1.165, 1.54) is 0 Å². The Morgan fingerprint density at radius 1 is 1.21 bits per heavy atom. The second-order valence-electron chi connectivity index (χ2n) is 5.65. The van der Waals surface area contributed by atoms with E-state index in [4.69, 9.17) is 15.2 Å². The largest absolute Gasteiger partial charge is 0.484 e. The molecule has 0 saturated carbocycles. The Kier molecular flexibility index (Phi) is 5.28. The van der Waals surface area contributed by atoms with Crippen molar-refractivity contribution in [2.24, 2.45) is 5.73 Å². The smallest absolute Gasteiger partial charge is 0.260 e. The summed E-state index contributed by atoms with van der Waals surface area (Å²) >= 11 is 0. The van der Waals surface area contributed by atoms with Gasteiger partial charge in [-0.1, -0.05) is 6.07 Å². The third-order valence-electron chi connectivity index (χ3n) is 4.02. The van der Waals surface area contributed by atoms with E-state index >= 15 is 0 Å². The maximum Gasteiger partial charge on any atom is 0.260 e. The van der Waals surface area contributed by atoms with Crippen LogP contribution in [0.4, 0.5) is 0 Å². The second kappa shape index (κ2) is 7.79. The van der Waals surface area contributed by atoms with E-state index in [0.29, 0.717) is 23.9 Å². The molecule has 2 N–H and O–H groups in total. The zero-order chi connectivity index (χ0) is 16.8.